The molecule has 7 nitrogen and oxygen atoms in total. The summed E-state index contributed by atoms with van der Waals surface area (Å²) in [7, 11) is 0. The molecule has 5 N–H and O–H groups in total. The van der Waals surface area contributed by atoms with Crippen LogP contribution in [0.5, 0.6) is 0 Å². The SMILES string of the molecule is O=C(CO)NNC(=S)NC(=O)c1cc2cc(F)ccc2[nH]1. The largest absolute Gasteiger partial charge is 0.386 e. The number of benzene rings is 1. The number of carbonyl (C=O) groups is 2. The number of thiocarbonyl (C=S) groups is 1. The van der Waals surface area contributed by atoms with Crippen LogP contribution in [0.4, 0.5) is 4.39 Å². The lowest BCUT2D eigenvalue weighted by Crippen LogP contribution is -2.49. The Morgan fingerprint density at radius 1 is 1.29 bits per heavy atom. The molecule has 1 heterocycles. The summed E-state index contributed by atoms with van der Waals surface area (Å²) in [4.78, 5) is 25.5. The Morgan fingerprint density at radius 2 is 2.05 bits per heavy atom. The van der Waals surface area contributed by atoms with Crippen LogP contribution in [0, 0.1) is 5.82 Å². The maximum Gasteiger partial charge on any atom is 0.273 e. The van der Waals surface area contributed by atoms with Crippen LogP contribution in [0.2, 0.25) is 0 Å². The second-order valence-corrected chi connectivity index (χ2v) is 4.44. The minimum absolute atomic E-state index is 0.147. The van der Waals surface area contributed by atoms with E-state index < -0.39 is 24.2 Å². The lowest BCUT2D eigenvalue weighted by atomic mass is 10.2. The molecule has 9 heteroatoms. The van der Waals surface area contributed by atoms with E-state index in [0.29, 0.717) is 10.9 Å². The van der Waals surface area contributed by atoms with Gasteiger partial charge in [-0.25, -0.2) is 4.39 Å². The van der Waals surface area contributed by atoms with Crippen LogP contribution < -0.4 is 16.2 Å². The number of aliphatic hydroxyl groups is 1. The molecule has 0 radical (unpaired) electrons. The minimum Gasteiger partial charge on any atom is -0.386 e. The van der Waals surface area contributed by atoms with Gasteiger partial charge in [0.05, 0.1) is 0 Å². The molecule has 1 aromatic carbocycles. The third-order valence-electron chi connectivity index (χ3n) is 2.51. The zero-order valence-electron chi connectivity index (χ0n) is 10.6. The highest BCUT2D eigenvalue weighted by Gasteiger charge is 2.11. The summed E-state index contributed by atoms with van der Waals surface area (Å²) in [5.74, 6) is -1.66. The van der Waals surface area contributed by atoms with E-state index in [4.69, 9.17) is 17.3 Å². The average molecular weight is 310 g/mol. The summed E-state index contributed by atoms with van der Waals surface area (Å²) < 4.78 is 13.1. The Hall–Kier alpha value is -2.52. The molecule has 0 fully saturated rings. The zero-order valence-corrected chi connectivity index (χ0v) is 11.4. The third kappa shape index (κ3) is 3.74. The van der Waals surface area contributed by atoms with Gasteiger partial charge in [0.2, 0.25) is 0 Å². The molecule has 0 bridgehead atoms. The predicted octanol–water partition coefficient (Wildman–Crippen LogP) is -0.0652. The first-order chi connectivity index (χ1) is 9.99. The van der Waals surface area contributed by atoms with E-state index in [1.807, 2.05) is 0 Å². The van der Waals surface area contributed by atoms with Gasteiger partial charge in [0.25, 0.3) is 11.8 Å². The maximum atomic E-state index is 13.1. The van der Waals surface area contributed by atoms with Crippen molar-refractivity contribution in [2.24, 2.45) is 0 Å². The molecule has 21 heavy (non-hydrogen) atoms. The van der Waals surface area contributed by atoms with E-state index >= 15 is 0 Å². The van der Waals surface area contributed by atoms with E-state index in [-0.39, 0.29) is 10.8 Å². The smallest absolute Gasteiger partial charge is 0.273 e. The highest BCUT2D eigenvalue weighted by atomic mass is 32.1. The van der Waals surface area contributed by atoms with Crippen molar-refractivity contribution in [3.8, 4) is 0 Å². The first kappa shape index (κ1) is 14.9. The van der Waals surface area contributed by atoms with Crippen molar-refractivity contribution in [2.45, 2.75) is 0 Å². The number of fused-ring (bicyclic) bond motifs is 1. The molecule has 0 saturated heterocycles. The molecule has 0 aliphatic rings. The van der Waals surface area contributed by atoms with E-state index in [0.717, 1.165) is 0 Å². The lowest BCUT2D eigenvalue weighted by Gasteiger charge is -2.08. The van der Waals surface area contributed by atoms with Crippen LogP contribution in [0.3, 0.4) is 0 Å². The highest BCUT2D eigenvalue weighted by Crippen LogP contribution is 2.16. The van der Waals surface area contributed by atoms with Gasteiger partial charge in [-0.2, -0.15) is 0 Å². The van der Waals surface area contributed by atoms with E-state index in [1.54, 1.807) is 0 Å². The molecule has 110 valence electrons. The Bertz CT molecular complexity index is 716. The van der Waals surface area contributed by atoms with Gasteiger partial charge in [-0.1, -0.05) is 0 Å². The van der Waals surface area contributed by atoms with Crippen molar-refractivity contribution in [1.82, 2.24) is 21.2 Å². The number of rotatable bonds is 2. The fourth-order valence-corrected chi connectivity index (χ4v) is 1.74. The first-order valence-electron chi connectivity index (χ1n) is 5.79. The van der Waals surface area contributed by atoms with Crippen LogP contribution in [-0.4, -0.2) is 33.6 Å². The standard InChI is InChI=1S/C12H11FN4O3S/c13-7-1-2-8-6(3-7)4-9(14-8)11(20)15-12(21)17-16-10(19)5-18/h1-4,14,18H,5H2,(H,16,19)(H2,15,17,20,21). The van der Waals surface area contributed by atoms with Crippen LogP contribution >= 0.6 is 12.2 Å². The van der Waals surface area contributed by atoms with E-state index in [9.17, 15) is 14.0 Å². The molecule has 1 aromatic heterocycles. The number of aromatic amines is 1. The van der Waals surface area contributed by atoms with Gasteiger partial charge in [0, 0.05) is 10.9 Å². The molecule has 0 saturated carbocycles. The topological polar surface area (TPSA) is 106 Å². The number of nitrogens with one attached hydrogen (secondary N) is 4. The summed E-state index contributed by atoms with van der Waals surface area (Å²) in [5.41, 5.74) is 5.11. The van der Waals surface area contributed by atoms with Crippen LogP contribution in [0.25, 0.3) is 10.9 Å². The summed E-state index contributed by atoms with van der Waals surface area (Å²) in [5, 5.41) is 11.2. The second-order valence-electron chi connectivity index (χ2n) is 4.03. The van der Waals surface area contributed by atoms with E-state index in [1.165, 1.54) is 24.3 Å². The number of aromatic nitrogens is 1. The number of halogens is 1. The Morgan fingerprint density at radius 3 is 2.76 bits per heavy atom. The number of carbonyl (C=O) groups excluding carboxylic acids is 2. The molecular weight excluding hydrogens is 299 g/mol. The molecular formula is C12H11FN4O3S. The highest BCUT2D eigenvalue weighted by molar-refractivity contribution is 7.80. The Labute approximate surface area is 123 Å². The Balaban J connectivity index is 2.01. The van der Waals surface area contributed by atoms with Gasteiger partial charge in [0.1, 0.15) is 18.1 Å². The van der Waals surface area contributed by atoms with Crippen molar-refractivity contribution >= 4 is 40.0 Å². The molecule has 0 atom stereocenters. The number of hydrazine groups is 1. The summed E-state index contributed by atoms with van der Waals surface area (Å²) in [6.07, 6.45) is 0. The third-order valence-corrected chi connectivity index (χ3v) is 2.72. The van der Waals surface area contributed by atoms with Crippen LogP contribution in [-0.2, 0) is 4.79 Å². The number of H-pyrrole nitrogens is 1. The maximum absolute atomic E-state index is 13.1. The number of hydrogen-bond acceptors (Lipinski definition) is 4. The second kappa shape index (κ2) is 6.29. The van der Waals surface area contributed by atoms with Gasteiger partial charge < -0.3 is 10.1 Å². The molecule has 2 amide bonds. The molecule has 0 aliphatic heterocycles. The number of amides is 2. The summed E-state index contributed by atoms with van der Waals surface area (Å²) in [6.45, 7) is -0.711. The summed E-state index contributed by atoms with van der Waals surface area (Å²) >= 11 is 4.78. The Kier molecular flexibility index (Phi) is 4.45. The van der Waals surface area contributed by atoms with Gasteiger partial charge in [-0.05, 0) is 36.5 Å². The monoisotopic (exact) mass is 310 g/mol. The van der Waals surface area contributed by atoms with Crippen molar-refractivity contribution in [3.63, 3.8) is 0 Å². The molecule has 2 aromatic rings. The van der Waals surface area contributed by atoms with E-state index in [2.05, 4.69) is 21.2 Å². The lowest BCUT2D eigenvalue weighted by molar-refractivity contribution is -0.124. The van der Waals surface area contributed by atoms with Crippen molar-refractivity contribution in [1.29, 1.82) is 0 Å². The van der Waals surface area contributed by atoms with Crippen molar-refractivity contribution in [2.75, 3.05) is 6.61 Å². The fourth-order valence-electron chi connectivity index (χ4n) is 1.59. The van der Waals surface area contributed by atoms with Crippen LogP contribution in [0.15, 0.2) is 24.3 Å². The van der Waals surface area contributed by atoms with Crippen molar-refractivity contribution < 1.29 is 19.1 Å². The van der Waals surface area contributed by atoms with Gasteiger partial charge in [-0.15, -0.1) is 0 Å². The first-order valence-corrected chi connectivity index (χ1v) is 6.19. The van der Waals surface area contributed by atoms with Gasteiger partial charge in [0.15, 0.2) is 5.11 Å². The predicted molar refractivity (Wildman–Crippen MR) is 76.7 cm³/mol. The normalized spacial score (nSPS) is 10.2. The van der Waals surface area contributed by atoms with Gasteiger partial charge in [-0.3, -0.25) is 25.8 Å². The summed E-state index contributed by atoms with van der Waals surface area (Å²) in [6, 6.07) is 5.56. The number of hydrogen-bond donors (Lipinski definition) is 5. The zero-order chi connectivity index (χ0) is 15.4. The van der Waals surface area contributed by atoms with Crippen molar-refractivity contribution in [3.05, 3.63) is 35.8 Å². The fraction of sp³-hybridized carbons (Fsp3) is 0.0833. The minimum atomic E-state index is -0.711. The van der Waals surface area contributed by atoms with Crippen LogP contribution in [0.1, 0.15) is 10.5 Å². The molecule has 2 rings (SSSR count). The average Bonchev–Trinajstić information content (AvgIpc) is 2.87. The molecule has 0 unspecified atom stereocenters. The van der Waals surface area contributed by atoms with Gasteiger partial charge >= 0.3 is 0 Å². The number of aliphatic hydroxyl groups excluding tert-OH is 1. The quantitative estimate of drug-likeness (QED) is 0.394. The molecule has 0 aliphatic carbocycles. The molecule has 0 spiro atoms.